The second-order valence-corrected chi connectivity index (χ2v) is 4.36. The minimum absolute atomic E-state index is 0.143. The van der Waals surface area contributed by atoms with E-state index >= 15 is 0 Å². The zero-order chi connectivity index (χ0) is 13.1. The molecular weight excluding hydrogens is 231 g/mol. The van der Waals surface area contributed by atoms with E-state index in [1.54, 1.807) is 16.8 Å². The van der Waals surface area contributed by atoms with E-state index in [0.717, 1.165) is 11.3 Å². The molecule has 1 unspecified atom stereocenters. The van der Waals surface area contributed by atoms with Gasteiger partial charge < -0.3 is 0 Å². The van der Waals surface area contributed by atoms with Crippen LogP contribution < -0.4 is 11.3 Å². The summed E-state index contributed by atoms with van der Waals surface area (Å²) >= 11 is 0. The van der Waals surface area contributed by atoms with Gasteiger partial charge in [-0.25, -0.2) is 4.39 Å². The Labute approximate surface area is 106 Å². The van der Waals surface area contributed by atoms with E-state index in [4.69, 9.17) is 5.84 Å². The molecule has 4 nitrogen and oxygen atoms in total. The van der Waals surface area contributed by atoms with Crippen LogP contribution in [0.1, 0.15) is 22.9 Å². The van der Waals surface area contributed by atoms with Crippen LogP contribution in [0.5, 0.6) is 0 Å². The predicted octanol–water partition coefficient (Wildman–Crippen LogP) is 1.61. The van der Waals surface area contributed by atoms with Gasteiger partial charge in [0.05, 0.1) is 11.7 Å². The molecule has 3 N–H and O–H groups in total. The normalized spacial score (nSPS) is 12.7. The minimum Gasteiger partial charge on any atom is -0.275 e. The standard InChI is InChI=1S/C13H17FN4/c1-9-11(8-18(2)17-9)13(16-15)7-10-5-3-4-6-12(10)14/h3-6,8,13,16H,7,15H2,1-2H3. The molecule has 2 rings (SSSR count). The fourth-order valence-electron chi connectivity index (χ4n) is 2.10. The van der Waals surface area contributed by atoms with E-state index in [0.29, 0.717) is 12.0 Å². The average Bonchev–Trinajstić information content (AvgIpc) is 2.67. The zero-order valence-corrected chi connectivity index (χ0v) is 10.5. The minimum atomic E-state index is -0.209. The molecule has 1 aromatic carbocycles. The number of nitrogens with two attached hydrogens (primary N) is 1. The topological polar surface area (TPSA) is 55.9 Å². The molecule has 1 atom stereocenters. The molecule has 0 amide bonds. The van der Waals surface area contributed by atoms with Gasteiger partial charge in [-0.15, -0.1) is 0 Å². The third-order valence-corrected chi connectivity index (χ3v) is 3.01. The van der Waals surface area contributed by atoms with Gasteiger partial charge in [0.25, 0.3) is 0 Å². The van der Waals surface area contributed by atoms with Crippen molar-refractivity contribution in [3.8, 4) is 0 Å². The number of nitrogens with one attached hydrogen (secondary N) is 1. The molecule has 0 bridgehead atoms. The lowest BCUT2D eigenvalue weighted by molar-refractivity contribution is 0.527. The molecule has 0 fully saturated rings. The van der Waals surface area contributed by atoms with Gasteiger partial charge in [-0.2, -0.15) is 5.10 Å². The summed E-state index contributed by atoms with van der Waals surface area (Å²) in [6.07, 6.45) is 2.40. The Kier molecular flexibility index (Phi) is 3.74. The number of benzene rings is 1. The average molecular weight is 248 g/mol. The van der Waals surface area contributed by atoms with Crippen molar-refractivity contribution in [3.63, 3.8) is 0 Å². The van der Waals surface area contributed by atoms with Crippen LogP contribution in [0.25, 0.3) is 0 Å². The van der Waals surface area contributed by atoms with Crippen LogP contribution in [0.4, 0.5) is 4.39 Å². The number of rotatable bonds is 4. The van der Waals surface area contributed by atoms with Crippen molar-refractivity contribution in [1.82, 2.24) is 15.2 Å². The first-order valence-electron chi connectivity index (χ1n) is 5.81. The highest BCUT2D eigenvalue weighted by Crippen LogP contribution is 2.21. The Morgan fingerprint density at radius 1 is 1.44 bits per heavy atom. The number of nitrogens with zero attached hydrogens (tertiary/aromatic N) is 2. The fraction of sp³-hybridized carbons (Fsp3) is 0.308. The molecule has 0 radical (unpaired) electrons. The number of aryl methyl sites for hydroxylation is 2. The molecule has 0 spiro atoms. The van der Waals surface area contributed by atoms with Crippen molar-refractivity contribution < 1.29 is 4.39 Å². The van der Waals surface area contributed by atoms with Gasteiger partial charge in [0.2, 0.25) is 0 Å². The van der Waals surface area contributed by atoms with Crippen molar-refractivity contribution >= 4 is 0 Å². The summed E-state index contributed by atoms with van der Waals surface area (Å²) in [5, 5.41) is 4.27. The summed E-state index contributed by atoms with van der Waals surface area (Å²) in [5.74, 6) is 5.36. The molecular formula is C13H17FN4. The van der Waals surface area contributed by atoms with Crippen LogP contribution in [-0.4, -0.2) is 9.78 Å². The maximum Gasteiger partial charge on any atom is 0.126 e. The van der Waals surface area contributed by atoms with Crippen molar-refractivity contribution in [2.24, 2.45) is 12.9 Å². The molecule has 5 heteroatoms. The van der Waals surface area contributed by atoms with E-state index in [9.17, 15) is 4.39 Å². The molecule has 1 aromatic heterocycles. The highest BCUT2D eigenvalue weighted by atomic mass is 19.1. The van der Waals surface area contributed by atoms with Crippen LogP contribution in [-0.2, 0) is 13.5 Å². The SMILES string of the molecule is Cc1nn(C)cc1C(Cc1ccccc1F)NN. The van der Waals surface area contributed by atoms with Gasteiger partial charge in [-0.05, 0) is 25.0 Å². The molecule has 0 saturated carbocycles. The molecule has 96 valence electrons. The van der Waals surface area contributed by atoms with Crippen LogP contribution in [0.2, 0.25) is 0 Å². The highest BCUT2D eigenvalue weighted by Gasteiger charge is 2.17. The Bertz CT molecular complexity index is 536. The monoisotopic (exact) mass is 248 g/mol. The third-order valence-electron chi connectivity index (χ3n) is 3.01. The number of halogens is 1. The van der Waals surface area contributed by atoms with Gasteiger partial charge >= 0.3 is 0 Å². The van der Waals surface area contributed by atoms with Gasteiger partial charge in [0.15, 0.2) is 0 Å². The molecule has 2 aromatic rings. The smallest absolute Gasteiger partial charge is 0.126 e. The van der Waals surface area contributed by atoms with Crippen molar-refractivity contribution in [2.75, 3.05) is 0 Å². The van der Waals surface area contributed by atoms with E-state index < -0.39 is 0 Å². The first kappa shape index (κ1) is 12.7. The second-order valence-electron chi connectivity index (χ2n) is 4.36. The lowest BCUT2D eigenvalue weighted by Gasteiger charge is -2.15. The van der Waals surface area contributed by atoms with Gasteiger partial charge in [0.1, 0.15) is 5.82 Å². The largest absolute Gasteiger partial charge is 0.275 e. The lowest BCUT2D eigenvalue weighted by Crippen LogP contribution is -2.30. The quantitative estimate of drug-likeness (QED) is 0.638. The van der Waals surface area contributed by atoms with Gasteiger partial charge in [0, 0.05) is 18.8 Å². The molecule has 0 aliphatic carbocycles. The van der Waals surface area contributed by atoms with Gasteiger partial charge in [-0.3, -0.25) is 16.0 Å². The van der Waals surface area contributed by atoms with Crippen LogP contribution in [0.3, 0.4) is 0 Å². The Hall–Kier alpha value is -1.72. The van der Waals surface area contributed by atoms with Crippen LogP contribution in [0.15, 0.2) is 30.5 Å². The summed E-state index contributed by atoms with van der Waals surface area (Å²) in [4.78, 5) is 0. The number of hydrogen-bond acceptors (Lipinski definition) is 3. The molecule has 0 saturated heterocycles. The fourth-order valence-corrected chi connectivity index (χ4v) is 2.10. The number of aromatic nitrogens is 2. The molecule has 0 aliphatic heterocycles. The predicted molar refractivity (Wildman–Crippen MR) is 68.1 cm³/mol. The summed E-state index contributed by atoms with van der Waals surface area (Å²) in [5.41, 5.74) is 5.26. The van der Waals surface area contributed by atoms with Crippen LogP contribution >= 0.6 is 0 Å². The summed E-state index contributed by atoms with van der Waals surface area (Å²) in [6, 6.07) is 6.58. The summed E-state index contributed by atoms with van der Waals surface area (Å²) < 4.78 is 15.4. The Balaban J connectivity index is 2.25. The first-order valence-corrected chi connectivity index (χ1v) is 5.81. The summed E-state index contributed by atoms with van der Waals surface area (Å²) in [7, 11) is 1.85. The van der Waals surface area contributed by atoms with E-state index in [1.165, 1.54) is 6.07 Å². The van der Waals surface area contributed by atoms with Crippen molar-refractivity contribution in [1.29, 1.82) is 0 Å². The highest BCUT2D eigenvalue weighted by molar-refractivity contribution is 5.25. The van der Waals surface area contributed by atoms with Gasteiger partial charge in [-0.1, -0.05) is 18.2 Å². The third kappa shape index (κ3) is 2.57. The zero-order valence-electron chi connectivity index (χ0n) is 10.5. The maximum absolute atomic E-state index is 13.6. The molecule has 1 heterocycles. The number of hydrazine groups is 1. The van der Waals surface area contributed by atoms with Crippen LogP contribution in [0, 0.1) is 12.7 Å². The van der Waals surface area contributed by atoms with E-state index in [2.05, 4.69) is 10.5 Å². The Morgan fingerprint density at radius 2 is 2.17 bits per heavy atom. The second kappa shape index (κ2) is 5.29. The van der Waals surface area contributed by atoms with Crippen molar-refractivity contribution in [2.45, 2.75) is 19.4 Å². The molecule has 18 heavy (non-hydrogen) atoms. The van der Waals surface area contributed by atoms with E-state index in [1.807, 2.05) is 26.2 Å². The Morgan fingerprint density at radius 3 is 2.72 bits per heavy atom. The van der Waals surface area contributed by atoms with E-state index in [-0.39, 0.29) is 11.9 Å². The number of hydrogen-bond donors (Lipinski definition) is 2. The summed E-state index contributed by atoms with van der Waals surface area (Å²) in [6.45, 7) is 1.92. The van der Waals surface area contributed by atoms with Crippen molar-refractivity contribution in [3.05, 3.63) is 53.1 Å². The maximum atomic E-state index is 13.6. The molecule has 0 aliphatic rings. The first-order chi connectivity index (χ1) is 8.61. The lowest BCUT2D eigenvalue weighted by atomic mass is 10.00.